The van der Waals surface area contributed by atoms with E-state index < -0.39 is 10.9 Å². The van der Waals surface area contributed by atoms with Gasteiger partial charge in [0.25, 0.3) is 5.69 Å². The van der Waals surface area contributed by atoms with Gasteiger partial charge in [0.05, 0.1) is 33.7 Å². The van der Waals surface area contributed by atoms with Crippen LogP contribution >= 0.6 is 27.5 Å². The molecule has 0 bridgehead atoms. The van der Waals surface area contributed by atoms with Crippen LogP contribution in [0.3, 0.4) is 0 Å². The van der Waals surface area contributed by atoms with Gasteiger partial charge in [0.2, 0.25) is 5.90 Å². The zero-order valence-corrected chi connectivity index (χ0v) is 18.3. The molecule has 2 aromatic carbocycles. The predicted octanol–water partition coefficient (Wildman–Crippen LogP) is 5.15. The number of rotatable bonds is 7. The molecule has 0 spiro atoms. The number of carbonyl (C=O) groups excluding carboxylic acids is 1. The van der Waals surface area contributed by atoms with E-state index in [1.807, 2.05) is 6.92 Å². The highest BCUT2D eigenvalue weighted by Gasteiger charge is 2.27. The number of nitrogens with zero attached hydrogens (tertiary/aromatic N) is 2. The van der Waals surface area contributed by atoms with Crippen LogP contribution < -0.4 is 9.47 Å². The molecular formula is C20H16BrClN2O6. The van der Waals surface area contributed by atoms with Crippen LogP contribution in [0.5, 0.6) is 11.5 Å². The van der Waals surface area contributed by atoms with Gasteiger partial charge in [-0.25, -0.2) is 9.79 Å². The van der Waals surface area contributed by atoms with E-state index in [9.17, 15) is 14.9 Å². The second kappa shape index (κ2) is 9.27. The molecule has 3 rings (SSSR count). The van der Waals surface area contributed by atoms with E-state index >= 15 is 0 Å². The number of cyclic esters (lactones) is 1. The van der Waals surface area contributed by atoms with Crippen molar-refractivity contribution in [3.8, 4) is 11.5 Å². The van der Waals surface area contributed by atoms with Gasteiger partial charge in [-0.2, -0.15) is 0 Å². The predicted molar refractivity (Wildman–Crippen MR) is 115 cm³/mol. The molecule has 1 heterocycles. The zero-order chi connectivity index (χ0) is 21.8. The number of nitro groups is 1. The highest BCUT2D eigenvalue weighted by molar-refractivity contribution is 9.10. The molecule has 0 unspecified atom stereocenters. The van der Waals surface area contributed by atoms with Crippen molar-refractivity contribution in [3.05, 3.63) is 66.8 Å². The van der Waals surface area contributed by atoms with Crippen LogP contribution in [-0.4, -0.2) is 30.5 Å². The maximum absolute atomic E-state index is 12.3. The van der Waals surface area contributed by atoms with Gasteiger partial charge in [-0.05, 0) is 52.2 Å². The summed E-state index contributed by atoms with van der Waals surface area (Å²) in [6, 6.07) is 7.29. The molecule has 0 aliphatic carbocycles. The Kier molecular flexibility index (Phi) is 6.73. The van der Waals surface area contributed by atoms with Gasteiger partial charge in [-0.15, -0.1) is 0 Å². The lowest BCUT2D eigenvalue weighted by molar-refractivity contribution is -0.384. The molecule has 10 heteroatoms. The summed E-state index contributed by atoms with van der Waals surface area (Å²) in [6.07, 6.45) is 2.38. The maximum atomic E-state index is 12.3. The van der Waals surface area contributed by atoms with E-state index in [1.54, 1.807) is 12.1 Å². The Balaban J connectivity index is 1.94. The minimum atomic E-state index is -0.666. The van der Waals surface area contributed by atoms with Crippen LogP contribution in [0.2, 0.25) is 5.02 Å². The number of methoxy groups -OCH3 is 1. The van der Waals surface area contributed by atoms with Crippen LogP contribution in [0.4, 0.5) is 5.69 Å². The molecule has 156 valence electrons. The summed E-state index contributed by atoms with van der Waals surface area (Å²) in [4.78, 5) is 26.8. The Bertz CT molecular complexity index is 1080. The summed E-state index contributed by atoms with van der Waals surface area (Å²) in [5.41, 5.74) is 0.790. The SMILES string of the molecule is CCCOc1c(Br)cc(/C=C2\N=C(c3ccc([N+](=O)[O-])cc3Cl)OC2=O)cc1OC. The van der Waals surface area contributed by atoms with Crippen LogP contribution in [-0.2, 0) is 9.53 Å². The third-order valence-electron chi connectivity index (χ3n) is 4.02. The summed E-state index contributed by atoms with van der Waals surface area (Å²) in [6.45, 7) is 2.53. The van der Waals surface area contributed by atoms with E-state index in [-0.39, 0.29) is 27.9 Å². The van der Waals surface area contributed by atoms with Crippen molar-refractivity contribution >= 4 is 51.2 Å². The number of halogens is 2. The van der Waals surface area contributed by atoms with Gasteiger partial charge in [0.15, 0.2) is 17.2 Å². The molecule has 1 aliphatic rings. The van der Waals surface area contributed by atoms with Crippen molar-refractivity contribution < 1.29 is 23.9 Å². The molecule has 8 nitrogen and oxygen atoms in total. The molecular weight excluding hydrogens is 480 g/mol. The molecule has 0 saturated carbocycles. The second-order valence-electron chi connectivity index (χ2n) is 6.14. The lowest BCUT2D eigenvalue weighted by atomic mass is 10.1. The molecule has 0 fully saturated rings. The average Bonchev–Trinajstić information content (AvgIpc) is 3.06. The number of aliphatic imine (C=N–C) groups is 1. The summed E-state index contributed by atoms with van der Waals surface area (Å²) in [5.74, 6) is 0.372. The van der Waals surface area contributed by atoms with Gasteiger partial charge in [0, 0.05) is 12.1 Å². The number of hydrogen-bond donors (Lipinski definition) is 0. The molecule has 0 atom stereocenters. The van der Waals surface area contributed by atoms with Crippen LogP contribution in [0.15, 0.2) is 45.5 Å². The maximum Gasteiger partial charge on any atom is 0.363 e. The molecule has 0 saturated heterocycles. The summed E-state index contributed by atoms with van der Waals surface area (Å²) in [5, 5.41) is 10.9. The normalized spacial score (nSPS) is 14.5. The fourth-order valence-corrected chi connectivity index (χ4v) is 3.47. The van der Waals surface area contributed by atoms with Crippen molar-refractivity contribution in [3.63, 3.8) is 0 Å². The van der Waals surface area contributed by atoms with Gasteiger partial charge in [-0.3, -0.25) is 10.1 Å². The Hall–Kier alpha value is -2.91. The Morgan fingerprint density at radius 2 is 2.10 bits per heavy atom. The number of esters is 1. The Labute approximate surface area is 185 Å². The highest BCUT2D eigenvalue weighted by atomic mass is 79.9. The monoisotopic (exact) mass is 494 g/mol. The van der Waals surface area contributed by atoms with Gasteiger partial charge >= 0.3 is 5.97 Å². The van der Waals surface area contributed by atoms with Crippen LogP contribution in [0, 0.1) is 10.1 Å². The fourth-order valence-electron chi connectivity index (χ4n) is 2.64. The van der Waals surface area contributed by atoms with Crippen LogP contribution in [0.1, 0.15) is 24.5 Å². The number of ether oxygens (including phenoxy) is 3. The topological polar surface area (TPSA) is 100 Å². The number of benzene rings is 2. The highest BCUT2D eigenvalue weighted by Crippen LogP contribution is 2.37. The molecule has 0 N–H and O–H groups in total. The Morgan fingerprint density at radius 3 is 2.73 bits per heavy atom. The summed E-state index contributed by atoms with van der Waals surface area (Å²) in [7, 11) is 1.52. The minimum Gasteiger partial charge on any atom is -0.493 e. The molecule has 0 amide bonds. The second-order valence-corrected chi connectivity index (χ2v) is 7.40. The average molecular weight is 496 g/mol. The van der Waals surface area contributed by atoms with E-state index in [2.05, 4.69) is 20.9 Å². The first-order valence-corrected chi connectivity index (χ1v) is 9.98. The van der Waals surface area contributed by atoms with Gasteiger partial charge in [-0.1, -0.05) is 18.5 Å². The number of carbonyl (C=O) groups is 1. The zero-order valence-electron chi connectivity index (χ0n) is 16.0. The standard InChI is InChI=1S/C20H16BrClN2O6/c1-3-6-29-18-14(21)7-11(9-17(18)28-2)8-16-20(25)30-19(23-16)13-5-4-12(24(26)27)10-15(13)22/h4-5,7-10H,3,6H2,1-2H3/b16-8-. The minimum absolute atomic E-state index is 0.0277. The molecule has 1 aliphatic heterocycles. The van der Waals surface area contributed by atoms with E-state index in [0.717, 1.165) is 6.42 Å². The molecule has 30 heavy (non-hydrogen) atoms. The van der Waals surface area contributed by atoms with Crippen LogP contribution in [0.25, 0.3) is 6.08 Å². The largest absolute Gasteiger partial charge is 0.493 e. The van der Waals surface area contributed by atoms with E-state index in [4.69, 9.17) is 25.8 Å². The number of nitro benzene ring substituents is 1. The Morgan fingerprint density at radius 1 is 1.33 bits per heavy atom. The third-order valence-corrected chi connectivity index (χ3v) is 4.92. The molecule has 0 aromatic heterocycles. The van der Waals surface area contributed by atoms with E-state index in [1.165, 1.54) is 31.4 Å². The number of non-ortho nitro benzene ring substituents is 1. The van der Waals surface area contributed by atoms with Crippen molar-refractivity contribution in [1.29, 1.82) is 0 Å². The summed E-state index contributed by atoms with van der Waals surface area (Å²) >= 11 is 9.55. The first-order chi connectivity index (χ1) is 14.3. The summed E-state index contributed by atoms with van der Waals surface area (Å²) < 4.78 is 16.9. The van der Waals surface area contributed by atoms with Gasteiger partial charge < -0.3 is 14.2 Å². The van der Waals surface area contributed by atoms with Gasteiger partial charge in [0.1, 0.15) is 0 Å². The fraction of sp³-hybridized carbons (Fsp3) is 0.200. The third kappa shape index (κ3) is 4.63. The smallest absolute Gasteiger partial charge is 0.363 e. The quantitative estimate of drug-likeness (QED) is 0.228. The first-order valence-electron chi connectivity index (χ1n) is 8.81. The van der Waals surface area contributed by atoms with E-state index in [0.29, 0.717) is 28.1 Å². The van der Waals surface area contributed by atoms with Crippen molar-refractivity contribution in [2.45, 2.75) is 13.3 Å². The lowest BCUT2D eigenvalue weighted by Gasteiger charge is -2.13. The van der Waals surface area contributed by atoms with Crippen molar-refractivity contribution in [2.75, 3.05) is 13.7 Å². The first kappa shape index (κ1) is 21.8. The van der Waals surface area contributed by atoms with Crippen molar-refractivity contribution in [1.82, 2.24) is 0 Å². The van der Waals surface area contributed by atoms with Crippen molar-refractivity contribution in [2.24, 2.45) is 4.99 Å². The number of hydrogen-bond acceptors (Lipinski definition) is 7. The molecule has 0 radical (unpaired) electrons. The molecule has 2 aromatic rings. The lowest BCUT2D eigenvalue weighted by Crippen LogP contribution is -2.06.